The van der Waals surface area contributed by atoms with Crippen LogP contribution in [0.4, 0.5) is 5.69 Å². The SMILES string of the molecule is C.CN1C(=O)[C@@H](NC(=O)c2nnn(Cc3ccccc3)n2)CSc2cc3c(cc21)C=CC3. The fraction of sp³-hybridized carbons (Fsp3) is 0.261. The van der Waals surface area contributed by atoms with Gasteiger partial charge in [-0.1, -0.05) is 49.9 Å². The van der Waals surface area contributed by atoms with Gasteiger partial charge in [0.1, 0.15) is 6.04 Å². The van der Waals surface area contributed by atoms with E-state index >= 15 is 0 Å². The van der Waals surface area contributed by atoms with Crippen molar-refractivity contribution in [3.8, 4) is 0 Å². The van der Waals surface area contributed by atoms with Gasteiger partial charge < -0.3 is 10.2 Å². The molecule has 2 amide bonds. The molecule has 0 saturated heterocycles. The second kappa shape index (κ2) is 8.96. The number of aromatic nitrogens is 4. The molecular weight excluding hydrogens is 424 g/mol. The van der Waals surface area contributed by atoms with Crippen LogP contribution in [0.25, 0.3) is 6.08 Å². The Morgan fingerprint density at radius 3 is 2.88 bits per heavy atom. The van der Waals surface area contributed by atoms with Crippen molar-refractivity contribution < 1.29 is 9.59 Å². The molecule has 2 heterocycles. The zero-order valence-corrected chi connectivity index (χ0v) is 17.7. The van der Waals surface area contributed by atoms with Crippen LogP contribution in [-0.2, 0) is 17.8 Å². The summed E-state index contributed by atoms with van der Waals surface area (Å²) in [7, 11) is 1.74. The molecule has 5 rings (SSSR count). The van der Waals surface area contributed by atoms with Crippen molar-refractivity contribution in [2.75, 3.05) is 17.7 Å². The average molecular weight is 449 g/mol. The van der Waals surface area contributed by atoms with Crippen molar-refractivity contribution in [3.05, 3.63) is 71.1 Å². The molecule has 0 radical (unpaired) electrons. The Morgan fingerprint density at radius 2 is 2.06 bits per heavy atom. The van der Waals surface area contributed by atoms with E-state index in [4.69, 9.17) is 0 Å². The Hall–Kier alpha value is -3.46. The van der Waals surface area contributed by atoms with Gasteiger partial charge in [0.2, 0.25) is 5.91 Å². The number of hydrogen-bond donors (Lipinski definition) is 1. The summed E-state index contributed by atoms with van der Waals surface area (Å²) in [5.41, 5.74) is 4.27. The summed E-state index contributed by atoms with van der Waals surface area (Å²) in [6.45, 7) is 0.413. The largest absolute Gasteiger partial charge is 0.337 e. The summed E-state index contributed by atoms with van der Waals surface area (Å²) in [5.74, 6) is -0.296. The first kappa shape index (κ1) is 21.8. The van der Waals surface area contributed by atoms with Crippen molar-refractivity contribution in [2.45, 2.75) is 31.3 Å². The number of carbonyl (C=O) groups excluding carboxylic acids is 2. The Bertz CT molecular complexity index is 1190. The summed E-state index contributed by atoms with van der Waals surface area (Å²) < 4.78 is 0. The minimum Gasteiger partial charge on any atom is -0.337 e. The molecule has 9 heteroatoms. The number of nitrogens with zero attached hydrogens (tertiary/aromatic N) is 5. The van der Waals surface area contributed by atoms with E-state index in [9.17, 15) is 9.59 Å². The molecule has 2 aliphatic rings. The van der Waals surface area contributed by atoms with E-state index in [2.05, 4.69) is 38.9 Å². The molecule has 0 spiro atoms. The van der Waals surface area contributed by atoms with Gasteiger partial charge in [0.15, 0.2) is 0 Å². The number of rotatable bonds is 4. The molecule has 1 aliphatic heterocycles. The number of fused-ring (bicyclic) bond motifs is 2. The van der Waals surface area contributed by atoms with Gasteiger partial charge in [-0.25, -0.2) is 0 Å². The number of anilines is 1. The van der Waals surface area contributed by atoms with Gasteiger partial charge in [0.25, 0.3) is 11.7 Å². The average Bonchev–Trinajstić information content (AvgIpc) is 3.42. The minimum atomic E-state index is -0.679. The van der Waals surface area contributed by atoms with E-state index in [1.54, 1.807) is 23.7 Å². The highest BCUT2D eigenvalue weighted by molar-refractivity contribution is 7.99. The van der Waals surface area contributed by atoms with E-state index < -0.39 is 11.9 Å². The number of hydrogen-bond acceptors (Lipinski definition) is 6. The second-order valence-electron chi connectivity index (χ2n) is 7.49. The normalized spacial score (nSPS) is 16.7. The predicted molar refractivity (Wildman–Crippen MR) is 125 cm³/mol. The number of benzene rings is 2. The fourth-order valence-corrected chi connectivity index (χ4v) is 4.86. The highest BCUT2D eigenvalue weighted by atomic mass is 32.2. The van der Waals surface area contributed by atoms with E-state index in [0.717, 1.165) is 28.1 Å². The molecule has 0 unspecified atom stereocenters. The smallest absolute Gasteiger partial charge is 0.293 e. The zero-order chi connectivity index (χ0) is 21.4. The molecule has 8 nitrogen and oxygen atoms in total. The van der Waals surface area contributed by atoms with E-state index in [1.165, 1.54) is 10.4 Å². The van der Waals surface area contributed by atoms with Crippen LogP contribution in [0.2, 0.25) is 0 Å². The maximum absolute atomic E-state index is 13.0. The van der Waals surface area contributed by atoms with Gasteiger partial charge >= 0.3 is 0 Å². The lowest BCUT2D eigenvalue weighted by Crippen LogP contribution is -2.48. The third kappa shape index (κ3) is 4.16. The molecule has 3 aromatic rings. The van der Waals surface area contributed by atoms with Gasteiger partial charge in [0, 0.05) is 17.7 Å². The van der Waals surface area contributed by atoms with Crippen molar-refractivity contribution in [2.24, 2.45) is 0 Å². The first-order valence-corrected chi connectivity index (χ1v) is 10.9. The zero-order valence-electron chi connectivity index (χ0n) is 16.9. The molecule has 0 bridgehead atoms. The molecule has 0 fully saturated rings. The Morgan fingerprint density at radius 1 is 1.25 bits per heavy atom. The highest BCUT2D eigenvalue weighted by Crippen LogP contribution is 2.38. The van der Waals surface area contributed by atoms with Crippen LogP contribution in [0.15, 0.2) is 53.4 Å². The number of likely N-dealkylation sites (N-methyl/N-ethyl adjacent to an activating group) is 1. The molecule has 1 atom stereocenters. The minimum absolute atomic E-state index is 0. The van der Waals surface area contributed by atoms with E-state index in [0.29, 0.717) is 12.3 Å². The lowest BCUT2D eigenvalue weighted by Gasteiger charge is -2.21. The standard InChI is InChI=1S/C22H20N6O2S.CH4/c1-27-18-10-15-8-5-9-16(15)11-19(18)31-13-17(22(27)30)23-21(29)20-24-26-28(25-20)12-14-6-3-2-4-7-14;/h2-8,10-11,17H,9,12-13H2,1H3,(H,23,29);1H4/t17-;/m0./s1. The Labute approximate surface area is 190 Å². The van der Waals surface area contributed by atoms with Crippen molar-refractivity contribution in [1.29, 1.82) is 0 Å². The predicted octanol–water partition coefficient (Wildman–Crippen LogP) is 2.79. The lowest BCUT2D eigenvalue weighted by molar-refractivity contribution is -0.119. The number of carbonyl (C=O) groups is 2. The molecule has 0 saturated carbocycles. The highest BCUT2D eigenvalue weighted by Gasteiger charge is 2.31. The topological polar surface area (TPSA) is 93.0 Å². The number of allylic oxidation sites excluding steroid dienone is 1. The maximum Gasteiger partial charge on any atom is 0.293 e. The quantitative estimate of drug-likeness (QED) is 0.660. The van der Waals surface area contributed by atoms with E-state index in [1.807, 2.05) is 36.4 Å². The number of thioether (sulfide) groups is 1. The third-order valence-electron chi connectivity index (χ3n) is 5.38. The summed E-state index contributed by atoms with van der Waals surface area (Å²) in [6, 6.07) is 13.2. The van der Waals surface area contributed by atoms with Crippen molar-refractivity contribution in [1.82, 2.24) is 25.5 Å². The van der Waals surface area contributed by atoms with Crippen LogP contribution in [0.1, 0.15) is 34.7 Å². The third-order valence-corrected chi connectivity index (χ3v) is 6.52. The Kier molecular flexibility index (Phi) is 6.09. The lowest BCUT2D eigenvalue weighted by atomic mass is 10.1. The van der Waals surface area contributed by atoms with Crippen LogP contribution < -0.4 is 10.2 Å². The maximum atomic E-state index is 13.0. The van der Waals surface area contributed by atoms with Crippen molar-refractivity contribution in [3.63, 3.8) is 0 Å². The molecule has 1 aromatic heterocycles. The van der Waals surface area contributed by atoms with Gasteiger partial charge in [-0.05, 0) is 40.5 Å². The molecule has 164 valence electrons. The van der Waals surface area contributed by atoms with Crippen LogP contribution >= 0.6 is 11.8 Å². The number of amides is 2. The molecular formula is C23H24N6O2S. The Balaban J connectivity index is 0.00000245. The van der Waals surface area contributed by atoms with Crippen molar-refractivity contribution >= 4 is 35.3 Å². The van der Waals surface area contributed by atoms with Crippen LogP contribution in [0.5, 0.6) is 0 Å². The summed E-state index contributed by atoms with van der Waals surface area (Å²) >= 11 is 1.57. The molecule has 1 aliphatic carbocycles. The summed E-state index contributed by atoms with van der Waals surface area (Å²) in [6.07, 6.45) is 5.11. The van der Waals surface area contributed by atoms with Gasteiger partial charge in [-0.3, -0.25) is 9.59 Å². The second-order valence-corrected chi connectivity index (χ2v) is 8.55. The van der Waals surface area contributed by atoms with Gasteiger partial charge in [-0.2, -0.15) is 4.80 Å². The molecule has 32 heavy (non-hydrogen) atoms. The monoisotopic (exact) mass is 448 g/mol. The molecule has 1 N–H and O–H groups in total. The van der Waals surface area contributed by atoms with Crippen LogP contribution in [0, 0.1) is 0 Å². The van der Waals surface area contributed by atoms with Gasteiger partial charge in [0.05, 0.1) is 12.2 Å². The number of tetrazole rings is 1. The van der Waals surface area contributed by atoms with Gasteiger partial charge in [-0.15, -0.1) is 22.0 Å². The first-order chi connectivity index (χ1) is 15.1. The van der Waals surface area contributed by atoms with Crippen LogP contribution in [0.3, 0.4) is 0 Å². The molecule has 2 aromatic carbocycles. The van der Waals surface area contributed by atoms with E-state index in [-0.39, 0.29) is 19.2 Å². The summed E-state index contributed by atoms with van der Waals surface area (Å²) in [4.78, 5) is 29.8. The fourth-order valence-electron chi connectivity index (χ4n) is 3.72. The number of nitrogens with one attached hydrogen (secondary N) is 1. The van der Waals surface area contributed by atoms with Crippen LogP contribution in [-0.4, -0.2) is 50.9 Å². The first-order valence-electron chi connectivity index (χ1n) is 9.95. The summed E-state index contributed by atoms with van der Waals surface area (Å²) in [5, 5.41) is 14.8.